The highest BCUT2D eigenvalue weighted by atomic mass is 35.5. The molecule has 0 amide bonds. The van der Waals surface area contributed by atoms with E-state index in [2.05, 4.69) is 24.1 Å². The van der Waals surface area contributed by atoms with Crippen LogP contribution < -0.4 is 10.1 Å². The zero-order valence-corrected chi connectivity index (χ0v) is 13.4. The third-order valence-electron chi connectivity index (χ3n) is 3.50. The number of hydrogen-bond acceptors (Lipinski definition) is 3. The quantitative estimate of drug-likeness (QED) is 0.871. The van der Waals surface area contributed by atoms with Crippen molar-refractivity contribution in [3.05, 3.63) is 58.4 Å². The minimum absolute atomic E-state index is 0.0471. The number of aromatic nitrogens is 1. The van der Waals surface area contributed by atoms with Gasteiger partial charge in [0.2, 0.25) is 0 Å². The molecule has 0 spiro atoms. The van der Waals surface area contributed by atoms with Crippen LogP contribution in [-0.4, -0.2) is 18.6 Å². The summed E-state index contributed by atoms with van der Waals surface area (Å²) in [7, 11) is 1.67. The Labute approximate surface area is 131 Å². The Kier molecular flexibility index (Phi) is 5.59. The minimum Gasteiger partial charge on any atom is -0.496 e. The van der Waals surface area contributed by atoms with Gasteiger partial charge in [-0.25, -0.2) is 0 Å². The van der Waals surface area contributed by atoms with Crippen molar-refractivity contribution >= 4 is 11.6 Å². The zero-order valence-electron chi connectivity index (χ0n) is 12.7. The first kappa shape index (κ1) is 15.8. The van der Waals surface area contributed by atoms with Crippen LogP contribution in [0.15, 0.2) is 36.7 Å². The summed E-state index contributed by atoms with van der Waals surface area (Å²) in [5.41, 5.74) is 3.44. The summed E-state index contributed by atoms with van der Waals surface area (Å²) >= 11 is 6.07. The topological polar surface area (TPSA) is 34.2 Å². The summed E-state index contributed by atoms with van der Waals surface area (Å²) in [5, 5.41) is 4.25. The third kappa shape index (κ3) is 3.74. The highest BCUT2D eigenvalue weighted by Gasteiger charge is 2.19. The summed E-state index contributed by atoms with van der Waals surface area (Å²) < 4.78 is 5.50. The Morgan fingerprint density at radius 3 is 2.76 bits per heavy atom. The number of hydrogen-bond donors (Lipinski definition) is 1. The molecule has 2 rings (SSSR count). The van der Waals surface area contributed by atoms with Crippen molar-refractivity contribution in [1.82, 2.24) is 10.3 Å². The number of nitrogens with one attached hydrogen (secondary N) is 1. The lowest BCUT2D eigenvalue weighted by atomic mass is 9.96. The van der Waals surface area contributed by atoms with Crippen molar-refractivity contribution in [2.45, 2.75) is 26.3 Å². The van der Waals surface area contributed by atoms with Crippen LogP contribution in [-0.2, 0) is 0 Å². The van der Waals surface area contributed by atoms with Crippen LogP contribution >= 0.6 is 11.6 Å². The van der Waals surface area contributed by atoms with Crippen LogP contribution in [0.3, 0.4) is 0 Å². The maximum atomic E-state index is 6.07. The Morgan fingerprint density at radius 1 is 1.29 bits per heavy atom. The Morgan fingerprint density at radius 2 is 2.10 bits per heavy atom. The smallest absolute Gasteiger partial charge is 0.125 e. The van der Waals surface area contributed by atoms with E-state index >= 15 is 0 Å². The second kappa shape index (κ2) is 7.43. The van der Waals surface area contributed by atoms with Gasteiger partial charge in [-0.05, 0) is 49.2 Å². The fourth-order valence-electron chi connectivity index (χ4n) is 2.38. The van der Waals surface area contributed by atoms with Gasteiger partial charge in [-0.2, -0.15) is 0 Å². The maximum absolute atomic E-state index is 6.07. The molecule has 112 valence electrons. The molecule has 0 bridgehead atoms. The molecule has 1 aromatic carbocycles. The van der Waals surface area contributed by atoms with Crippen LogP contribution in [0.4, 0.5) is 0 Å². The van der Waals surface area contributed by atoms with E-state index in [1.165, 1.54) is 5.56 Å². The van der Waals surface area contributed by atoms with Crippen molar-refractivity contribution in [2.75, 3.05) is 13.7 Å². The van der Waals surface area contributed by atoms with Gasteiger partial charge < -0.3 is 10.1 Å². The Bertz CT molecular complexity index is 601. The van der Waals surface area contributed by atoms with E-state index in [1.807, 2.05) is 36.7 Å². The molecule has 0 aliphatic heterocycles. The standard InChI is InChI=1S/C17H21ClN2O/c1-4-8-20-17(15-11-19-9-7-12(15)2)14-6-5-13(18)10-16(14)21-3/h5-7,9-11,17,20H,4,8H2,1-3H3. The van der Waals surface area contributed by atoms with Crippen molar-refractivity contribution < 1.29 is 4.74 Å². The van der Waals surface area contributed by atoms with Crippen LogP contribution in [0.5, 0.6) is 5.75 Å². The van der Waals surface area contributed by atoms with E-state index in [0.717, 1.165) is 29.8 Å². The molecule has 1 heterocycles. The van der Waals surface area contributed by atoms with Crippen molar-refractivity contribution in [3.63, 3.8) is 0 Å². The van der Waals surface area contributed by atoms with Gasteiger partial charge in [-0.3, -0.25) is 4.98 Å². The van der Waals surface area contributed by atoms with E-state index < -0.39 is 0 Å². The van der Waals surface area contributed by atoms with Crippen LogP contribution in [0.1, 0.15) is 36.1 Å². The van der Waals surface area contributed by atoms with Gasteiger partial charge >= 0.3 is 0 Å². The number of pyridine rings is 1. The molecular weight excluding hydrogens is 284 g/mol. The zero-order chi connectivity index (χ0) is 15.2. The lowest BCUT2D eigenvalue weighted by Crippen LogP contribution is -2.24. The summed E-state index contributed by atoms with van der Waals surface area (Å²) in [6.07, 6.45) is 4.79. The van der Waals surface area contributed by atoms with Crippen LogP contribution in [0.2, 0.25) is 5.02 Å². The first-order valence-corrected chi connectivity index (χ1v) is 7.52. The molecule has 1 N–H and O–H groups in total. The van der Waals surface area contributed by atoms with Crippen LogP contribution in [0.25, 0.3) is 0 Å². The molecule has 3 nitrogen and oxygen atoms in total. The second-order valence-corrected chi connectivity index (χ2v) is 5.44. The number of benzene rings is 1. The summed E-state index contributed by atoms with van der Waals surface area (Å²) in [6, 6.07) is 7.83. The molecule has 0 saturated carbocycles. The molecular formula is C17H21ClN2O. The van der Waals surface area contributed by atoms with Crippen LogP contribution in [0, 0.1) is 6.92 Å². The highest BCUT2D eigenvalue weighted by molar-refractivity contribution is 6.30. The van der Waals surface area contributed by atoms with Gasteiger partial charge in [0, 0.05) is 23.0 Å². The predicted octanol–water partition coefficient (Wildman–Crippen LogP) is 4.14. The van der Waals surface area contributed by atoms with E-state index in [1.54, 1.807) is 7.11 Å². The largest absolute Gasteiger partial charge is 0.496 e. The highest BCUT2D eigenvalue weighted by Crippen LogP contribution is 2.33. The number of methoxy groups -OCH3 is 1. The SMILES string of the molecule is CCCNC(c1cnccc1C)c1ccc(Cl)cc1OC. The van der Waals surface area contributed by atoms with Gasteiger partial charge in [0.05, 0.1) is 13.2 Å². The average molecular weight is 305 g/mol. The first-order chi connectivity index (χ1) is 10.2. The van der Waals surface area contributed by atoms with Gasteiger partial charge in [0.15, 0.2) is 0 Å². The fourth-order valence-corrected chi connectivity index (χ4v) is 2.54. The summed E-state index contributed by atoms with van der Waals surface area (Å²) in [5.74, 6) is 0.791. The number of nitrogens with zero attached hydrogens (tertiary/aromatic N) is 1. The number of rotatable bonds is 6. The molecule has 0 saturated heterocycles. The Balaban J connectivity index is 2.48. The molecule has 1 aromatic heterocycles. The minimum atomic E-state index is 0.0471. The summed E-state index contributed by atoms with van der Waals surface area (Å²) in [4.78, 5) is 4.27. The second-order valence-electron chi connectivity index (χ2n) is 5.01. The molecule has 2 aromatic rings. The number of ether oxygens (including phenoxy) is 1. The molecule has 0 fully saturated rings. The number of aryl methyl sites for hydroxylation is 1. The maximum Gasteiger partial charge on any atom is 0.125 e. The first-order valence-electron chi connectivity index (χ1n) is 7.14. The van der Waals surface area contributed by atoms with Crippen molar-refractivity contribution in [1.29, 1.82) is 0 Å². The van der Waals surface area contributed by atoms with Crippen molar-refractivity contribution in [2.24, 2.45) is 0 Å². The molecule has 0 aliphatic rings. The number of halogens is 1. The molecule has 21 heavy (non-hydrogen) atoms. The van der Waals surface area contributed by atoms with E-state index in [-0.39, 0.29) is 6.04 Å². The predicted molar refractivity (Wildman–Crippen MR) is 87.1 cm³/mol. The van der Waals surface area contributed by atoms with Crippen molar-refractivity contribution in [3.8, 4) is 5.75 Å². The van der Waals surface area contributed by atoms with E-state index in [9.17, 15) is 0 Å². The molecule has 4 heteroatoms. The van der Waals surface area contributed by atoms with Gasteiger partial charge in [-0.15, -0.1) is 0 Å². The average Bonchev–Trinajstić information content (AvgIpc) is 2.50. The molecule has 0 aliphatic carbocycles. The van der Waals surface area contributed by atoms with Gasteiger partial charge in [-0.1, -0.05) is 24.6 Å². The van der Waals surface area contributed by atoms with Gasteiger partial charge in [0.1, 0.15) is 5.75 Å². The third-order valence-corrected chi connectivity index (χ3v) is 3.73. The van der Waals surface area contributed by atoms with E-state index in [4.69, 9.17) is 16.3 Å². The fraction of sp³-hybridized carbons (Fsp3) is 0.353. The van der Waals surface area contributed by atoms with Gasteiger partial charge in [0.25, 0.3) is 0 Å². The lowest BCUT2D eigenvalue weighted by Gasteiger charge is -2.23. The normalized spacial score (nSPS) is 12.2. The molecule has 1 unspecified atom stereocenters. The summed E-state index contributed by atoms with van der Waals surface area (Å²) in [6.45, 7) is 5.17. The van der Waals surface area contributed by atoms with E-state index in [0.29, 0.717) is 5.02 Å². The Hall–Kier alpha value is -1.58. The lowest BCUT2D eigenvalue weighted by molar-refractivity contribution is 0.403. The molecule has 0 radical (unpaired) electrons. The molecule has 1 atom stereocenters. The monoisotopic (exact) mass is 304 g/mol.